The number of hydrogen-bond donors (Lipinski definition) is 2. The molecule has 1 rings (SSSR count). The molecule has 0 atom stereocenters. The van der Waals surface area contributed by atoms with Crippen LogP contribution in [-0.4, -0.2) is 11.0 Å². The van der Waals surface area contributed by atoms with Crippen LogP contribution in [0.15, 0.2) is 28.7 Å². The van der Waals surface area contributed by atoms with E-state index in [1.807, 2.05) is 18.2 Å². The Morgan fingerprint density at radius 1 is 1.53 bits per heavy atom. The predicted molar refractivity (Wildman–Crippen MR) is 62.9 cm³/mol. The number of aliphatic hydroxyl groups excluding tert-OH is 1. The third-order valence-electron chi connectivity index (χ3n) is 1.87. The molecule has 0 saturated carbocycles. The summed E-state index contributed by atoms with van der Waals surface area (Å²) in [5.74, 6) is -0.356. The van der Waals surface area contributed by atoms with Gasteiger partial charge >= 0.3 is 0 Å². The molecule has 0 aliphatic carbocycles. The molecule has 0 bridgehead atoms. The number of halogens is 1. The Kier molecular flexibility index (Phi) is 4.52. The standard InChI is InChI=1S/C11H12BrNO2/c12-10-5-4-8(6-9(10)7-14)2-1-3-11(13)15/h1-2,4-6,14H,3,7H2,(H2,13,15). The third kappa shape index (κ3) is 3.85. The molecule has 0 aliphatic heterocycles. The summed E-state index contributed by atoms with van der Waals surface area (Å²) in [6.07, 6.45) is 3.73. The minimum absolute atomic E-state index is 0.0158. The fourth-order valence-electron chi connectivity index (χ4n) is 1.13. The molecule has 0 spiro atoms. The van der Waals surface area contributed by atoms with Gasteiger partial charge in [-0.3, -0.25) is 4.79 Å². The van der Waals surface area contributed by atoms with E-state index >= 15 is 0 Å². The minimum atomic E-state index is -0.356. The van der Waals surface area contributed by atoms with Crippen molar-refractivity contribution in [3.8, 4) is 0 Å². The topological polar surface area (TPSA) is 63.3 Å². The third-order valence-corrected chi connectivity index (χ3v) is 2.64. The SMILES string of the molecule is NC(=O)CC=Cc1ccc(Br)c(CO)c1. The molecule has 1 amide bonds. The van der Waals surface area contributed by atoms with Crippen molar-refractivity contribution < 1.29 is 9.90 Å². The largest absolute Gasteiger partial charge is 0.392 e. The van der Waals surface area contributed by atoms with Crippen LogP contribution in [0, 0.1) is 0 Å². The van der Waals surface area contributed by atoms with E-state index in [-0.39, 0.29) is 18.9 Å². The van der Waals surface area contributed by atoms with Gasteiger partial charge in [0, 0.05) is 10.9 Å². The van der Waals surface area contributed by atoms with Crippen LogP contribution in [0.1, 0.15) is 17.5 Å². The van der Waals surface area contributed by atoms with E-state index in [4.69, 9.17) is 10.8 Å². The zero-order valence-electron chi connectivity index (χ0n) is 8.11. The van der Waals surface area contributed by atoms with E-state index in [1.54, 1.807) is 12.2 Å². The van der Waals surface area contributed by atoms with Crippen molar-refractivity contribution in [3.63, 3.8) is 0 Å². The molecule has 0 saturated heterocycles. The predicted octanol–water partition coefficient (Wildman–Crippen LogP) is 1.83. The van der Waals surface area contributed by atoms with E-state index < -0.39 is 0 Å². The van der Waals surface area contributed by atoms with Crippen molar-refractivity contribution in [2.24, 2.45) is 5.73 Å². The van der Waals surface area contributed by atoms with Crippen molar-refractivity contribution in [1.29, 1.82) is 0 Å². The number of benzene rings is 1. The molecule has 80 valence electrons. The van der Waals surface area contributed by atoms with Crippen LogP contribution in [0.4, 0.5) is 0 Å². The maximum Gasteiger partial charge on any atom is 0.221 e. The second-order valence-electron chi connectivity index (χ2n) is 3.08. The second-order valence-corrected chi connectivity index (χ2v) is 3.94. The van der Waals surface area contributed by atoms with Gasteiger partial charge in [0.1, 0.15) is 0 Å². The zero-order valence-corrected chi connectivity index (χ0v) is 9.70. The van der Waals surface area contributed by atoms with Gasteiger partial charge in [-0.05, 0) is 23.3 Å². The van der Waals surface area contributed by atoms with Crippen LogP contribution in [0.5, 0.6) is 0 Å². The molecule has 3 N–H and O–H groups in total. The Hall–Kier alpha value is -1.13. The summed E-state index contributed by atoms with van der Waals surface area (Å²) < 4.78 is 0.872. The maximum absolute atomic E-state index is 10.5. The van der Waals surface area contributed by atoms with Gasteiger partial charge in [0.15, 0.2) is 0 Å². The average Bonchev–Trinajstić information content (AvgIpc) is 2.20. The smallest absolute Gasteiger partial charge is 0.221 e. The summed E-state index contributed by atoms with van der Waals surface area (Å²) in [7, 11) is 0. The normalized spacial score (nSPS) is 10.8. The summed E-state index contributed by atoms with van der Waals surface area (Å²) in [6, 6.07) is 5.60. The highest BCUT2D eigenvalue weighted by molar-refractivity contribution is 9.10. The van der Waals surface area contributed by atoms with Gasteiger partial charge in [0.05, 0.1) is 6.61 Å². The van der Waals surface area contributed by atoms with Crippen LogP contribution in [0.25, 0.3) is 6.08 Å². The minimum Gasteiger partial charge on any atom is -0.392 e. The Labute approximate surface area is 96.7 Å². The van der Waals surface area contributed by atoms with Crippen LogP contribution >= 0.6 is 15.9 Å². The molecular formula is C11H12BrNO2. The van der Waals surface area contributed by atoms with Crippen molar-refractivity contribution in [2.75, 3.05) is 0 Å². The highest BCUT2D eigenvalue weighted by Gasteiger charge is 1.98. The fourth-order valence-corrected chi connectivity index (χ4v) is 1.50. The second kappa shape index (κ2) is 5.68. The Morgan fingerprint density at radius 3 is 2.87 bits per heavy atom. The number of carbonyl (C=O) groups is 1. The van der Waals surface area contributed by atoms with Gasteiger partial charge < -0.3 is 10.8 Å². The molecule has 3 nitrogen and oxygen atoms in total. The summed E-state index contributed by atoms with van der Waals surface area (Å²) in [5.41, 5.74) is 6.75. The number of amides is 1. The van der Waals surface area contributed by atoms with Gasteiger partial charge in [0.2, 0.25) is 5.91 Å². The molecule has 4 heteroatoms. The van der Waals surface area contributed by atoms with Crippen LogP contribution in [0.2, 0.25) is 0 Å². The molecule has 0 aromatic heterocycles. The summed E-state index contributed by atoms with van der Waals surface area (Å²) in [6.45, 7) is -0.0158. The number of hydrogen-bond acceptors (Lipinski definition) is 2. The summed E-state index contributed by atoms with van der Waals surface area (Å²) in [5, 5.41) is 9.03. The lowest BCUT2D eigenvalue weighted by molar-refractivity contribution is -0.117. The van der Waals surface area contributed by atoms with E-state index in [2.05, 4.69) is 15.9 Å². The molecule has 0 fully saturated rings. The molecule has 15 heavy (non-hydrogen) atoms. The Bertz CT molecular complexity index is 388. The van der Waals surface area contributed by atoms with E-state index in [9.17, 15) is 4.79 Å². The van der Waals surface area contributed by atoms with Crippen LogP contribution in [-0.2, 0) is 11.4 Å². The quantitative estimate of drug-likeness (QED) is 0.876. The number of carbonyl (C=O) groups excluding carboxylic acids is 1. The lowest BCUT2D eigenvalue weighted by Crippen LogP contribution is -2.07. The molecule has 1 aromatic carbocycles. The van der Waals surface area contributed by atoms with Crippen LogP contribution in [0.3, 0.4) is 0 Å². The lowest BCUT2D eigenvalue weighted by Gasteiger charge is -2.01. The van der Waals surface area contributed by atoms with Crippen molar-refractivity contribution in [1.82, 2.24) is 0 Å². The first-order chi connectivity index (χ1) is 7.13. The lowest BCUT2D eigenvalue weighted by atomic mass is 10.1. The van der Waals surface area contributed by atoms with Gasteiger partial charge in [0.25, 0.3) is 0 Å². The van der Waals surface area contributed by atoms with E-state index in [0.29, 0.717) is 0 Å². The molecular weight excluding hydrogens is 258 g/mol. The molecule has 0 unspecified atom stereocenters. The van der Waals surface area contributed by atoms with E-state index in [1.165, 1.54) is 0 Å². The van der Waals surface area contributed by atoms with Crippen molar-refractivity contribution in [3.05, 3.63) is 39.9 Å². The van der Waals surface area contributed by atoms with E-state index in [0.717, 1.165) is 15.6 Å². The molecule has 0 radical (unpaired) electrons. The van der Waals surface area contributed by atoms with Gasteiger partial charge in [-0.1, -0.05) is 34.1 Å². The summed E-state index contributed by atoms with van der Waals surface area (Å²) in [4.78, 5) is 10.5. The molecule has 0 aliphatic rings. The number of aliphatic hydroxyl groups is 1. The van der Waals surface area contributed by atoms with Crippen molar-refractivity contribution in [2.45, 2.75) is 13.0 Å². The first kappa shape index (κ1) is 11.9. The van der Waals surface area contributed by atoms with Gasteiger partial charge in [-0.2, -0.15) is 0 Å². The molecule has 0 heterocycles. The Morgan fingerprint density at radius 2 is 2.27 bits per heavy atom. The van der Waals surface area contributed by atoms with Crippen LogP contribution < -0.4 is 5.73 Å². The zero-order chi connectivity index (χ0) is 11.3. The maximum atomic E-state index is 10.5. The highest BCUT2D eigenvalue weighted by atomic mass is 79.9. The average molecular weight is 270 g/mol. The number of rotatable bonds is 4. The first-order valence-electron chi connectivity index (χ1n) is 4.47. The van der Waals surface area contributed by atoms with Gasteiger partial charge in [-0.25, -0.2) is 0 Å². The number of primary amides is 1. The highest BCUT2D eigenvalue weighted by Crippen LogP contribution is 2.19. The number of nitrogens with two attached hydrogens (primary N) is 1. The molecule has 1 aromatic rings. The fraction of sp³-hybridized carbons (Fsp3) is 0.182. The van der Waals surface area contributed by atoms with Crippen molar-refractivity contribution >= 4 is 27.9 Å². The summed E-state index contributed by atoms with van der Waals surface area (Å²) >= 11 is 3.32. The Balaban J connectivity index is 2.78. The first-order valence-corrected chi connectivity index (χ1v) is 5.27. The monoisotopic (exact) mass is 269 g/mol. The van der Waals surface area contributed by atoms with Gasteiger partial charge in [-0.15, -0.1) is 0 Å².